The summed E-state index contributed by atoms with van der Waals surface area (Å²) in [6.45, 7) is 1.97. The Morgan fingerprint density at radius 2 is 1.72 bits per heavy atom. The van der Waals surface area contributed by atoms with Gasteiger partial charge in [-0.2, -0.15) is 0 Å². The van der Waals surface area contributed by atoms with Crippen LogP contribution in [0, 0.1) is 0 Å². The number of nitrogens with one attached hydrogen (secondary N) is 1. The van der Waals surface area contributed by atoms with E-state index in [-0.39, 0.29) is 16.8 Å². The minimum Gasteiger partial charge on any atom is -0.465 e. The van der Waals surface area contributed by atoms with Gasteiger partial charge in [0, 0.05) is 6.26 Å². The van der Waals surface area contributed by atoms with Gasteiger partial charge >= 0.3 is 0 Å². The first-order valence-corrected chi connectivity index (χ1v) is 11.2. The SMILES string of the molecule is CC[C@@H](NC(=O)/C(=C/c1ccco1)c1ccccc1)c1ccc(S(C)(=O)=O)cc1. The molecule has 0 radical (unpaired) electrons. The van der Waals surface area contributed by atoms with Crippen LogP contribution in [0.5, 0.6) is 0 Å². The maximum atomic E-state index is 13.1. The number of furan rings is 1. The lowest BCUT2D eigenvalue weighted by atomic mass is 10.0. The highest BCUT2D eigenvalue weighted by molar-refractivity contribution is 7.90. The number of carbonyl (C=O) groups is 1. The number of carbonyl (C=O) groups excluding carboxylic acids is 1. The molecular weight excluding hydrogens is 386 g/mol. The Morgan fingerprint density at radius 3 is 2.28 bits per heavy atom. The van der Waals surface area contributed by atoms with Crippen molar-refractivity contribution in [3.63, 3.8) is 0 Å². The highest BCUT2D eigenvalue weighted by Crippen LogP contribution is 2.23. The zero-order valence-corrected chi connectivity index (χ0v) is 17.1. The molecule has 1 aromatic heterocycles. The van der Waals surface area contributed by atoms with Gasteiger partial charge in [0.15, 0.2) is 9.84 Å². The average Bonchev–Trinajstić information content (AvgIpc) is 3.23. The maximum absolute atomic E-state index is 13.1. The van der Waals surface area contributed by atoms with E-state index in [1.165, 1.54) is 6.26 Å². The molecule has 1 atom stereocenters. The molecule has 0 aliphatic heterocycles. The van der Waals surface area contributed by atoms with Crippen LogP contribution in [0.1, 0.15) is 36.3 Å². The van der Waals surface area contributed by atoms with Gasteiger partial charge in [-0.15, -0.1) is 0 Å². The third kappa shape index (κ3) is 5.23. The van der Waals surface area contributed by atoms with E-state index in [4.69, 9.17) is 4.42 Å². The predicted molar refractivity (Wildman–Crippen MR) is 114 cm³/mol. The zero-order chi connectivity index (χ0) is 20.9. The number of rotatable bonds is 7. The van der Waals surface area contributed by atoms with Gasteiger partial charge in [0.2, 0.25) is 0 Å². The van der Waals surface area contributed by atoms with Gasteiger partial charge < -0.3 is 9.73 Å². The molecule has 0 fully saturated rings. The molecule has 0 saturated heterocycles. The summed E-state index contributed by atoms with van der Waals surface area (Å²) >= 11 is 0. The summed E-state index contributed by atoms with van der Waals surface area (Å²) in [4.78, 5) is 13.4. The van der Waals surface area contributed by atoms with Gasteiger partial charge in [-0.1, -0.05) is 49.4 Å². The van der Waals surface area contributed by atoms with Crippen molar-refractivity contribution in [3.8, 4) is 0 Å². The summed E-state index contributed by atoms with van der Waals surface area (Å²) in [7, 11) is -3.26. The molecule has 0 bridgehead atoms. The standard InChI is InChI=1S/C23H23NO4S/c1-3-22(18-11-13-20(14-12-18)29(2,26)27)24-23(25)21(16-19-10-7-15-28-19)17-8-5-4-6-9-17/h4-16,22H,3H2,1-2H3,(H,24,25)/b21-16+/t22-/m1/s1. The number of amides is 1. The van der Waals surface area contributed by atoms with Gasteiger partial charge in [0.1, 0.15) is 5.76 Å². The largest absolute Gasteiger partial charge is 0.465 e. The second-order valence-electron chi connectivity index (χ2n) is 6.71. The highest BCUT2D eigenvalue weighted by atomic mass is 32.2. The summed E-state index contributed by atoms with van der Waals surface area (Å²) in [5, 5.41) is 3.05. The van der Waals surface area contributed by atoms with E-state index in [2.05, 4.69) is 5.32 Å². The van der Waals surface area contributed by atoms with Crippen molar-refractivity contribution < 1.29 is 17.6 Å². The molecule has 2 aromatic carbocycles. The Morgan fingerprint density at radius 1 is 1.03 bits per heavy atom. The molecule has 3 aromatic rings. The molecule has 3 rings (SSSR count). The van der Waals surface area contributed by atoms with E-state index in [9.17, 15) is 13.2 Å². The predicted octanol–water partition coefficient (Wildman–Crippen LogP) is 4.49. The molecule has 0 aliphatic carbocycles. The van der Waals surface area contributed by atoms with Crippen LogP contribution in [0.4, 0.5) is 0 Å². The van der Waals surface area contributed by atoms with E-state index in [0.29, 0.717) is 17.8 Å². The zero-order valence-electron chi connectivity index (χ0n) is 16.3. The van der Waals surface area contributed by atoms with E-state index < -0.39 is 9.84 Å². The van der Waals surface area contributed by atoms with Crippen molar-refractivity contribution in [2.24, 2.45) is 0 Å². The minimum absolute atomic E-state index is 0.230. The molecule has 0 spiro atoms. The van der Waals surface area contributed by atoms with Crippen LogP contribution in [0.25, 0.3) is 11.6 Å². The van der Waals surface area contributed by atoms with Crippen LogP contribution in [-0.4, -0.2) is 20.6 Å². The summed E-state index contributed by atoms with van der Waals surface area (Å²) in [5.74, 6) is 0.358. The third-order valence-corrected chi connectivity index (χ3v) is 5.71. The lowest BCUT2D eigenvalue weighted by Crippen LogP contribution is -2.29. The summed E-state index contributed by atoms with van der Waals surface area (Å²) in [6.07, 6.45) is 5.11. The van der Waals surface area contributed by atoms with Crippen molar-refractivity contribution in [3.05, 3.63) is 89.9 Å². The van der Waals surface area contributed by atoms with E-state index in [1.807, 2.05) is 37.3 Å². The molecule has 150 valence electrons. The Labute approximate surface area is 171 Å². The Balaban J connectivity index is 1.88. The van der Waals surface area contributed by atoms with Gasteiger partial charge in [-0.05, 0) is 47.9 Å². The molecule has 6 heteroatoms. The molecule has 0 unspecified atom stereocenters. The molecule has 1 heterocycles. The second kappa shape index (κ2) is 8.92. The fraction of sp³-hybridized carbons (Fsp3) is 0.174. The fourth-order valence-corrected chi connectivity index (χ4v) is 3.65. The van der Waals surface area contributed by atoms with Crippen LogP contribution >= 0.6 is 0 Å². The third-order valence-electron chi connectivity index (χ3n) is 4.58. The number of benzene rings is 2. The van der Waals surface area contributed by atoms with E-state index in [0.717, 1.165) is 11.1 Å². The van der Waals surface area contributed by atoms with Crippen LogP contribution in [0.15, 0.2) is 82.3 Å². The Kier molecular flexibility index (Phi) is 6.34. The lowest BCUT2D eigenvalue weighted by molar-refractivity contribution is -0.116. The average molecular weight is 410 g/mol. The van der Waals surface area contributed by atoms with E-state index >= 15 is 0 Å². The molecular formula is C23H23NO4S. The van der Waals surface area contributed by atoms with Crippen molar-refractivity contribution >= 4 is 27.4 Å². The first-order valence-electron chi connectivity index (χ1n) is 9.30. The van der Waals surface area contributed by atoms with Gasteiger partial charge in [0.25, 0.3) is 5.91 Å². The summed E-state index contributed by atoms with van der Waals surface area (Å²) in [5.41, 5.74) is 2.12. The topological polar surface area (TPSA) is 76.4 Å². The molecule has 0 saturated carbocycles. The molecule has 0 aliphatic rings. The first-order chi connectivity index (χ1) is 13.9. The van der Waals surface area contributed by atoms with Crippen molar-refractivity contribution in [2.45, 2.75) is 24.3 Å². The van der Waals surface area contributed by atoms with Gasteiger partial charge in [0.05, 0.1) is 22.8 Å². The number of hydrogen-bond donors (Lipinski definition) is 1. The normalized spacial score (nSPS) is 13.1. The highest BCUT2D eigenvalue weighted by Gasteiger charge is 2.18. The van der Waals surface area contributed by atoms with Gasteiger partial charge in [-0.25, -0.2) is 8.42 Å². The van der Waals surface area contributed by atoms with E-state index in [1.54, 1.807) is 48.7 Å². The van der Waals surface area contributed by atoms with Crippen molar-refractivity contribution in [1.29, 1.82) is 0 Å². The van der Waals surface area contributed by atoms with Crippen molar-refractivity contribution in [1.82, 2.24) is 5.32 Å². The van der Waals surface area contributed by atoms with Crippen molar-refractivity contribution in [2.75, 3.05) is 6.26 Å². The second-order valence-corrected chi connectivity index (χ2v) is 8.73. The van der Waals surface area contributed by atoms with Gasteiger partial charge in [-0.3, -0.25) is 4.79 Å². The minimum atomic E-state index is -3.26. The van der Waals surface area contributed by atoms with Crippen LogP contribution < -0.4 is 5.32 Å². The fourth-order valence-electron chi connectivity index (χ4n) is 3.02. The molecule has 1 N–H and O–H groups in total. The Hall–Kier alpha value is -3.12. The first kappa shape index (κ1) is 20.6. The van der Waals surface area contributed by atoms with Crippen LogP contribution in [0.2, 0.25) is 0 Å². The molecule has 5 nitrogen and oxygen atoms in total. The van der Waals surface area contributed by atoms with Crippen LogP contribution in [-0.2, 0) is 14.6 Å². The van der Waals surface area contributed by atoms with Crippen LogP contribution in [0.3, 0.4) is 0 Å². The Bertz CT molecular complexity index is 1080. The molecule has 29 heavy (non-hydrogen) atoms. The summed E-state index contributed by atoms with van der Waals surface area (Å²) in [6, 6.07) is 19.3. The number of sulfone groups is 1. The molecule has 1 amide bonds. The summed E-state index contributed by atoms with van der Waals surface area (Å²) < 4.78 is 28.7. The number of hydrogen-bond acceptors (Lipinski definition) is 4. The quantitative estimate of drug-likeness (QED) is 0.583. The lowest BCUT2D eigenvalue weighted by Gasteiger charge is -2.19. The monoisotopic (exact) mass is 409 g/mol. The smallest absolute Gasteiger partial charge is 0.252 e. The maximum Gasteiger partial charge on any atom is 0.252 e.